The highest BCUT2D eigenvalue weighted by Crippen LogP contribution is 2.45. The Bertz CT molecular complexity index is 1870. The minimum Gasteiger partial charge on any atom is -0.485 e. The van der Waals surface area contributed by atoms with Crippen molar-refractivity contribution in [1.29, 1.82) is 5.41 Å². The fraction of sp³-hybridized carbons (Fsp3) is 0.533. The zero-order valence-electron chi connectivity index (χ0n) is 27.4. The van der Waals surface area contributed by atoms with Crippen LogP contribution in [0.2, 0.25) is 0 Å². The first kappa shape index (κ1) is 35.5. The maximum absolute atomic E-state index is 13.5. The number of aryl methyl sites for hydroxylation is 1. The van der Waals surface area contributed by atoms with Gasteiger partial charge >= 0.3 is 16.4 Å². The van der Waals surface area contributed by atoms with Crippen LogP contribution in [0.4, 0.5) is 5.13 Å². The number of amidine groups is 1. The average molecular weight is 735 g/mol. The van der Waals surface area contributed by atoms with Crippen molar-refractivity contribution in [2.24, 2.45) is 10.6 Å². The van der Waals surface area contributed by atoms with Gasteiger partial charge in [-0.05, 0) is 88.6 Å². The van der Waals surface area contributed by atoms with Crippen molar-refractivity contribution in [2.45, 2.75) is 82.2 Å². The first-order valence-electron chi connectivity index (χ1n) is 15.8. The lowest BCUT2D eigenvalue weighted by atomic mass is 9.65. The van der Waals surface area contributed by atoms with Crippen LogP contribution in [0, 0.1) is 10.8 Å². The van der Waals surface area contributed by atoms with Crippen LogP contribution in [0.15, 0.2) is 28.7 Å². The van der Waals surface area contributed by atoms with Gasteiger partial charge in [0.05, 0.1) is 5.54 Å². The molecule has 4 aliphatic rings. The summed E-state index contributed by atoms with van der Waals surface area (Å²) in [5.41, 5.74) is 3.45. The van der Waals surface area contributed by atoms with Crippen LogP contribution in [0.25, 0.3) is 0 Å². The van der Waals surface area contributed by atoms with E-state index in [1.54, 1.807) is 12.1 Å². The number of carbonyl (C=O) groups is 3. The van der Waals surface area contributed by atoms with Gasteiger partial charge < -0.3 is 36.4 Å². The first-order chi connectivity index (χ1) is 23.4. The Balaban J connectivity index is 1.16. The highest BCUT2D eigenvalue weighted by atomic mass is 32.3. The van der Waals surface area contributed by atoms with E-state index in [1.807, 2.05) is 6.07 Å². The van der Waals surface area contributed by atoms with Crippen LogP contribution < -0.4 is 26.4 Å². The molecule has 18 nitrogen and oxygen atoms in total. The number of benzene rings is 1. The molecule has 0 bridgehead atoms. The number of hydrogen-bond donors (Lipinski definition) is 7. The normalized spacial score (nSPS) is 26.9. The third-order valence-electron chi connectivity index (χ3n) is 9.80. The maximum Gasteiger partial charge on any atom is 0.418 e. The number of nitrogens with zero attached hydrogens (tertiary/aromatic N) is 3. The Labute approximate surface area is 291 Å². The van der Waals surface area contributed by atoms with Crippen LogP contribution in [0.1, 0.15) is 63.3 Å². The smallest absolute Gasteiger partial charge is 0.418 e. The standard InChI is InChI=1S/C30H38N8O10S2/c1-28(2)22(25(40)38(28)48-50(43,44)45)36-24(39)21(18-13-49-27(32)35-18)37-47-29(3,26(41)42)20-7-5-15-10-16(4-6-19(15)46-20)23(31)34-17-11-30(12-17)8-9-33-14-30/h4,6,10,13,17,20,22,33H,5,7-9,11-12,14H2,1-3H3,(H2,31,34)(H2,32,35)(H,36,39)(H,41,42)(H,43,44,45)/b37-21-/t17-,20-,22-,29+,30+/m1/s1. The molecule has 1 spiro atoms. The number of nitrogen functional groups attached to an aromatic ring is 1. The summed E-state index contributed by atoms with van der Waals surface area (Å²) in [6.45, 7) is 6.05. The fourth-order valence-corrected chi connectivity index (χ4v) is 7.85. The van der Waals surface area contributed by atoms with Crippen molar-refractivity contribution in [3.63, 3.8) is 0 Å². The molecule has 8 N–H and O–H groups in total. The minimum atomic E-state index is -5.03. The number of aromatic nitrogens is 1. The van der Waals surface area contributed by atoms with Gasteiger partial charge in [-0.2, -0.15) is 13.5 Å². The maximum atomic E-state index is 13.5. The van der Waals surface area contributed by atoms with Gasteiger partial charge in [0.15, 0.2) is 16.9 Å². The fourth-order valence-electron chi connectivity index (χ4n) is 6.85. The molecule has 3 atom stereocenters. The van der Waals surface area contributed by atoms with Gasteiger partial charge in [0.25, 0.3) is 17.4 Å². The molecule has 2 amide bonds. The largest absolute Gasteiger partial charge is 0.485 e. The number of nitrogens with one attached hydrogen (secondary N) is 4. The summed E-state index contributed by atoms with van der Waals surface area (Å²) in [5, 5.41) is 33.8. The molecule has 2 aromatic rings. The SMILES string of the molecule is CC1(C)[C@H](NC(=O)/C(=N\O[C@](C)(C(=O)O)[C@H]2CCc3cc(C(=N)N[C@H]4C[C@]5(CCNC5)C4)ccc3O2)c2csc(N)n2)C(=O)N1OS(=O)(=O)O. The van der Waals surface area contributed by atoms with Crippen molar-refractivity contribution < 1.29 is 46.3 Å². The van der Waals surface area contributed by atoms with Crippen LogP contribution in [-0.4, -0.2) is 99.9 Å². The Hall–Kier alpha value is -4.37. The highest BCUT2D eigenvalue weighted by Gasteiger charge is 2.58. The van der Waals surface area contributed by atoms with Gasteiger partial charge in [0.1, 0.15) is 23.3 Å². The number of rotatable bonds is 11. The number of β-lactam (4-membered cyclic amide) rings is 1. The molecule has 1 saturated carbocycles. The number of ether oxygens (including phenoxy) is 1. The molecule has 0 unspecified atom stereocenters. The number of carboxylic acid groups (broad SMARTS) is 1. The number of fused-ring (bicyclic) bond motifs is 1. The van der Waals surface area contributed by atoms with Gasteiger partial charge in [-0.1, -0.05) is 5.16 Å². The molecular weight excluding hydrogens is 697 g/mol. The molecule has 1 aliphatic carbocycles. The van der Waals surface area contributed by atoms with Crippen molar-refractivity contribution >= 4 is 56.2 Å². The van der Waals surface area contributed by atoms with Gasteiger partial charge in [-0.25, -0.2) is 9.78 Å². The number of carbonyl (C=O) groups excluding carboxylic acids is 2. The number of amides is 2. The molecule has 3 fully saturated rings. The number of hydroxylamine groups is 2. The Morgan fingerprint density at radius 2 is 2.04 bits per heavy atom. The second kappa shape index (κ2) is 12.7. The van der Waals surface area contributed by atoms with Gasteiger partial charge in [0.2, 0.25) is 0 Å². The molecule has 3 aliphatic heterocycles. The van der Waals surface area contributed by atoms with E-state index < -0.39 is 57.2 Å². The van der Waals surface area contributed by atoms with Gasteiger partial charge in [-0.15, -0.1) is 15.6 Å². The Morgan fingerprint density at radius 1 is 1.30 bits per heavy atom. The van der Waals surface area contributed by atoms with E-state index in [4.69, 9.17) is 25.3 Å². The Kier molecular flexibility index (Phi) is 9.04. The number of oxime groups is 1. The number of aliphatic carboxylic acids is 1. The van der Waals surface area contributed by atoms with E-state index >= 15 is 0 Å². The van der Waals surface area contributed by atoms with Crippen LogP contribution >= 0.6 is 11.3 Å². The molecule has 270 valence electrons. The number of carboxylic acids is 1. The van der Waals surface area contributed by atoms with Crippen molar-refractivity contribution in [2.75, 3.05) is 18.8 Å². The molecule has 0 radical (unpaired) electrons. The molecule has 1 aromatic carbocycles. The third kappa shape index (κ3) is 6.72. The predicted octanol–water partition coefficient (Wildman–Crippen LogP) is 0.580. The topological polar surface area (TPSA) is 268 Å². The van der Waals surface area contributed by atoms with E-state index in [0.29, 0.717) is 34.0 Å². The van der Waals surface area contributed by atoms with Crippen molar-refractivity contribution in [3.05, 3.63) is 40.4 Å². The summed E-state index contributed by atoms with van der Waals surface area (Å²) in [4.78, 5) is 48.4. The highest BCUT2D eigenvalue weighted by molar-refractivity contribution is 7.80. The number of anilines is 1. The second-order valence-corrected chi connectivity index (χ2v) is 15.6. The molecular formula is C30H38N8O10S2. The summed E-state index contributed by atoms with van der Waals surface area (Å²) in [6.07, 6.45) is 2.75. The van der Waals surface area contributed by atoms with Crippen LogP contribution in [0.3, 0.4) is 0 Å². The molecule has 20 heteroatoms. The molecule has 2 saturated heterocycles. The molecule has 1 aromatic heterocycles. The average Bonchev–Trinajstić information content (AvgIpc) is 3.70. The van der Waals surface area contributed by atoms with Gasteiger partial charge in [0, 0.05) is 23.5 Å². The number of thiazole rings is 1. The molecule has 4 heterocycles. The lowest BCUT2D eigenvalue weighted by Gasteiger charge is -2.50. The quantitative estimate of drug-likeness (QED) is 0.0548. The van der Waals surface area contributed by atoms with E-state index in [1.165, 1.54) is 26.2 Å². The third-order valence-corrected chi connectivity index (χ3v) is 10.8. The minimum absolute atomic E-state index is 0.0619. The number of nitrogens with two attached hydrogens (primary N) is 1. The lowest BCUT2D eigenvalue weighted by molar-refractivity contribution is -0.218. The summed E-state index contributed by atoms with van der Waals surface area (Å²) >= 11 is 0.968. The van der Waals surface area contributed by atoms with Crippen molar-refractivity contribution in [1.82, 2.24) is 26.0 Å². The monoisotopic (exact) mass is 734 g/mol. The summed E-state index contributed by atoms with van der Waals surface area (Å²) < 4.78 is 41.8. The molecule has 6 rings (SSSR count). The first-order valence-corrected chi connectivity index (χ1v) is 18.0. The van der Waals surface area contributed by atoms with Crippen LogP contribution in [0.5, 0.6) is 5.75 Å². The second-order valence-electron chi connectivity index (χ2n) is 13.7. The molecule has 50 heavy (non-hydrogen) atoms. The predicted molar refractivity (Wildman–Crippen MR) is 178 cm³/mol. The van der Waals surface area contributed by atoms with Crippen molar-refractivity contribution in [3.8, 4) is 5.75 Å². The van der Waals surface area contributed by atoms with E-state index in [2.05, 4.69) is 30.4 Å². The van der Waals surface area contributed by atoms with E-state index in [0.717, 1.165) is 49.3 Å². The van der Waals surface area contributed by atoms with E-state index in [-0.39, 0.29) is 23.3 Å². The Morgan fingerprint density at radius 3 is 2.64 bits per heavy atom. The van der Waals surface area contributed by atoms with Gasteiger partial charge in [-0.3, -0.25) is 19.6 Å². The summed E-state index contributed by atoms with van der Waals surface area (Å²) in [5.74, 6) is -2.70. The zero-order chi connectivity index (χ0) is 36.2. The summed E-state index contributed by atoms with van der Waals surface area (Å²) in [7, 11) is -5.03. The number of hydrogen-bond acceptors (Lipinski definition) is 14. The summed E-state index contributed by atoms with van der Waals surface area (Å²) in [6, 6.07) is 4.18. The lowest BCUT2D eigenvalue weighted by Crippen LogP contribution is -2.76. The van der Waals surface area contributed by atoms with Crippen LogP contribution in [-0.2, 0) is 40.3 Å². The zero-order valence-corrected chi connectivity index (χ0v) is 29.0. The van der Waals surface area contributed by atoms with E-state index in [9.17, 15) is 27.9 Å².